The van der Waals surface area contributed by atoms with Crippen LogP contribution in [0.1, 0.15) is 13.8 Å². The molecule has 0 amide bonds. The highest BCUT2D eigenvalue weighted by molar-refractivity contribution is 5.33. The zero-order valence-electron chi connectivity index (χ0n) is 4.96. The van der Waals surface area contributed by atoms with Gasteiger partial charge in [-0.05, 0) is 13.8 Å². The lowest BCUT2D eigenvalue weighted by Gasteiger charge is -2.04. The number of aliphatic imine (C=N–C) groups is 1. The summed E-state index contributed by atoms with van der Waals surface area (Å²) in [5.74, 6) is 0. The van der Waals surface area contributed by atoms with E-state index in [1.807, 2.05) is 0 Å². The highest BCUT2D eigenvalue weighted by Gasteiger charge is 2.04. The van der Waals surface area contributed by atoms with Gasteiger partial charge in [-0.1, -0.05) is 0 Å². The van der Waals surface area contributed by atoms with Crippen LogP contribution in [-0.4, -0.2) is 23.3 Å². The van der Waals surface area contributed by atoms with E-state index in [1.165, 1.54) is 6.08 Å². The van der Waals surface area contributed by atoms with Crippen molar-refractivity contribution in [3.8, 4) is 0 Å². The second kappa shape index (κ2) is 3.36. The van der Waals surface area contributed by atoms with Crippen LogP contribution >= 0.6 is 0 Å². The van der Waals surface area contributed by atoms with Gasteiger partial charge in [0, 0.05) is 0 Å². The van der Waals surface area contributed by atoms with E-state index >= 15 is 0 Å². The van der Waals surface area contributed by atoms with Gasteiger partial charge in [0.05, 0.1) is 12.1 Å². The van der Waals surface area contributed by atoms with E-state index < -0.39 is 6.10 Å². The van der Waals surface area contributed by atoms with Gasteiger partial charge >= 0.3 is 0 Å². The minimum Gasteiger partial charge on any atom is -0.391 e. The Morgan fingerprint density at radius 1 is 1.62 bits per heavy atom. The average molecular weight is 115 g/mol. The molecule has 2 unspecified atom stereocenters. The van der Waals surface area contributed by atoms with Crippen molar-refractivity contribution < 1.29 is 9.90 Å². The predicted octanol–water partition coefficient (Wildman–Crippen LogP) is 0.0915. The minimum absolute atomic E-state index is 0.326. The number of hydrogen-bond donors (Lipinski definition) is 1. The Morgan fingerprint density at radius 2 is 2.12 bits per heavy atom. The zero-order valence-corrected chi connectivity index (χ0v) is 4.96. The Labute approximate surface area is 48.1 Å². The van der Waals surface area contributed by atoms with E-state index in [9.17, 15) is 4.79 Å². The topological polar surface area (TPSA) is 49.7 Å². The van der Waals surface area contributed by atoms with Gasteiger partial charge in [-0.3, -0.25) is 0 Å². The first-order chi connectivity index (χ1) is 3.68. The van der Waals surface area contributed by atoms with Crippen LogP contribution in [0.5, 0.6) is 0 Å². The van der Waals surface area contributed by atoms with Crippen molar-refractivity contribution in [1.29, 1.82) is 0 Å². The highest BCUT2D eigenvalue weighted by Crippen LogP contribution is 1.93. The molecule has 0 aromatic rings. The molecule has 0 aliphatic rings. The summed E-state index contributed by atoms with van der Waals surface area (Å²) in [7, 11) is 0. The molecule has 0 heterocycles. The van der Waals surface area contributed by atoms with Crippen molar-refractivity contribution in [3.05, 3.63) is 0 Å². The van der Waals surface area contributed by atoms with Crippen LogP contribution < -0.4 is 0 Å². The summed E-state index contributed by atoms with van der Waals surface area (Å²) in [5, 5.41) is 8.68. The maximum atomic E-state index is 9.52. The Morgan fingerprint density at radius 3 is 2.25 bits per heavy atom. The van der Waals surface area contributed by atoms with Crippen LogP contribution in [0.3, 0.4) is 0 Å². The number of rotatable bonds is 2. The summed E-state index contributed by atoms with van der Waals surface area (Å²) in [4.78, 5) is 12.8. The quantitative estimate of drug-likeness (QED) is 0.409. The molecular weight excluding hydrogens is 106 g/mol. The number of aliphatic hydroxyl groups is 1. The lowest BCUT2D eigenvalue weighted by atomic mass is 10.2. The van der Waals surface area contributed by atoms with Crippen LogP contribution in [0.15, 0.2) is 4.99 Å². The van der Waals surface area contributed by atoms with Gasteiger partial charge < -0.3 is 5.11 Å². The van der Waals surface area contributed by atoms with E-state index in [-0.39, 0.29) is 6.04 Å². The summed E-state index contributed by atoms with van der Waals surface area (Å²) in [5.41, 5.74) is 0. The first-order valence-electron chi connectivity index (χ1n) is 2.43. The van der Waals surface area contributed by atoms with Crippen molar-refractivity contribution in [3.63, 3.8) is 0 Å². The molecule has 3 nitrogen and oxygen atoms in total. The third-order valence-electron chi connectivity index (χ3n) is 0.954. The van der Waals surface area contributed by atoms with Crippen LogP contribution in [0.4, 0.5) is 0 Å². The molecule has 8 heavy (non-hydrogen) atoms. The van der Waals surface area contributed by atoms with E-state index in [0.29, 0.717) is 0 Å². The molecule has 0 aromatic carbocycles. The van der Waals surface area contributed by atoms with Gasteiger partial charge in [0.25, 0.3) is 0 Å². The second-order valence-corrected chi connectivity index (χ2v) is 1.70. The van der Waals surface area contributed by atoms with Gasteiger partial charge in [-0.25, -0.2) is 9.79 Å². The number of aliphatic hydroxyl groups excluding tert-OH is 1. The number of carbonyl (C=O) groups excluding carboxylic acids is 1. The first kappa shape index (κ1) is 7.34. The summed E-state index contributed by atoms with van der Waals surface area (Å²) in [6.45, 7) is 3.22. The normalized spacial score (nSPS) is 16.4. The van der Waals surface area contributed by atoms with E-state index in [0.717, 1.165) is 0 Å². The lowest BCUT2D eigenvalue weighted by Crippen LogP contribution is -2.15. The van der Waals surface area contributed by atoms with Crippen molar-refractivity contribution in [2.45, 2.75) is 26.0 Å². The summed E-state index contributed by atoms with van der Waals surface area (Å²) in [6, 6.07) is -0.326. The fourth-order valence-corrected chi connectivity index (χ4v) is 0.191. The van der Waals surface area contributed by atoms with E-state index in [2.05, 4.69) is 4.99 Å². The van der Waals surface area contributed by atoms with Crippen molar-refractivity contribution in [2.24, 2.45) is 4.99 Å². The molecule has 2 atom stereocenters. The molecule has 0 aromatic heterocycles. The van der Waals surface area contributed by atoms with Gasteiger partial charge in [-0.15, -0.1) is 0 Å². The smallest absolute Gasteiger partial charge is 0.235 e. The Balaban J connectivity index is 3.63. The van der Waals surface area contributed by atoms with Crippen LogP contribution in [0.2, 0.25) is 0 Å². The van der Waals surface area contributed by atoms with Crippen molar-refractivity contribution in [2.75, 3.05) is 0 Å². The maximum Gasteiger partial charge on any atom is 0.235 e. The number of isocyanates is 1. The Bertz CT molecular complexity index is 105. The van der Waals surface area contributed by atoms with Gasteiger partial charge in [0.2, 0.25) is 6.08 Å². The molecule has 0 radical (unpaired) electrons. The molecule has 0 spiro atoms. The average Bonchev–Trinajstić information content (AvgIpc) is 1.67. The summed E-state index contributed by atoms with van der Waals surface area (Å²) in [6.07, 6.45) is 0.805. The predicted molar refractivity (Wildman–Crippen MR) is 29.3 cm³/mol. The SMILES string of the molecule is CC(O)C(C)N=C=O. The lowest BCUT2D eigenvalue weighted by molar-refractivity contribution is 0.171. The second-order valence-electron chi connectivity index (χ2n) is 1.70. The van der Waals surface area contributed by atoms with E-state index in [1.54, 1.807) is 13.8 Å². The third kappa shape index (κ3) is 2.50. The van der Waals surface area contributed by atoms with Crippen molar-refractivity contribution in [1.82, 2.24) is 0 Å². The molecule has 1 N–H and O–H groups in total. The molecule has 0 fully saturated rings. The van der Waals surface area contributed by atoms with Gasteiger partial charge in [0.1, 0.15) is 0 Å². The molecule has 0 bridgehead atoms. The Kier molecular flexibility index (Phi) is 3.08. The maximum absolute atomic E-state index is 9.52. The standard InChI is InChI=1S/C5H9NO2/c1-4(5(2)8)6-3-7/h4-5,8H,1-2H3. The zero-order chi connectivity index (χ0) is 6.57. The van der Waals surface area contributed by atoms with Gasteiger partial charge in [0.15, 0.2) is 0 Å². The highest BCUT2D eigenvalue weighted by atomic mass is 16.3. The fraction of sp³-hybridized carbons (Fsp3) is 0.800. The third-order valence-corrected chi connectivity index (χ3v) is 0.954. The van der Waals surface area contributed by atoms with Gasteiger partial charge in [-0.2, -0.15) is 0 Å². The summed E-state index contributed by atoms with van der Waals surface area (Å²) < 4.78 is 0. The Hall–Kier alpha value is -0.660. The summed E-state index contributed by atoms with van der Waals surface area (Å²) >= 11 is 0. The van der Waals surface area contributed by atoms with Crippen LogP contribution in [0.25, 0.3) is 0 Å². The largest absolute Gasteiger partial charge is 0.391 e. The fourth-order valence-electron chi connectivity index (χ4n) is 0.191. The monoisotopic (exact) mass is 115 g/mol. The van der Waals surface area contributed by atoms with Crippen molar-refractivity contribution >= 4 is 6.08 Å². The number of nitrogens with zero attached hydrogens (tertiary/aromatic N) is 1. The van der Waals surface area contributed by atoms with E-state index in [4.69, 9.17) is 5.11 Å². The minimum atomic E-state index is -0.559. The number of hydrogen-bond acceptors (Lipinski definition) is 3. The molecule has 0 saturated carbocycles. The molecule has 0 aliphatic heterocycles. The molecule has 46 valence electrons. The van der Waals surface area contributed by atoms with Crippen LogP contribution in [-0.2, 0) is 4.79 Å². The molecule has 0 rings (SSSR count). The molecule has 3 heteroatoms. The molecule has 0 aliphatic carbocycles. The van der Waals surface area contributed by atoms with Crippen LogP contribution in [0, 0.1) is 0 Å². The first-order valence-corrected chi connectivity index (χ1v) is 2.43. The molecular formula is C5H9NO2. The molecule has 0 saturated heterocycles.